The van der Waals surface area contributed by atoms with Crippen molar-refractivity contribution in [3.63, 3.8) is 0 Å². The molecular formula is C26H35N3O3. The molecule has 6 heteroatoms. The Balaban J connectivity index is 1.13. The van der Waals surface area contributed by atoms with Gasteiger partial charge in [0.15, 0.2) is 11.8 Å². The Kier molecular flexibility index (Phi) is 6.30. The van der Waals surface area contributed by atoms with Crippen LogP contribution >= 0.6 is 0 Å². The van der Waals surface area contributed by atoms with Gasteiger partial charge < -0.3 is 19.8 Å². The maximum Gasteiger partial charge on any atom is 0.197 e. The highest BCUT2D eigenvalue weighted by atomic mass is 16.5. The average molecular weight is 438 g/mol. The molecule has 3 aliphatic rings. The molecule has 2 heterocycles. The largest absolute Gasteiger partial charge is 0.494 e. The van der Waals surface area contributed by atoms with Gasteiger partial charge in [-0.3, -0.25) is 9.47 Å². The summed E-state index contributed by atoms with van der Waals surface area (Å²) in [6.45, 7) is 5.62. The number of hydrogen-bond donors (Lipinski definition) is 2. The molecule has 0 bridgehead atoms. The van der Waals surface area contributed by atoms with E-state index in [4.69, 9.17) is 4.74 Å². The second-order valence-corrected chi connectivity index (χ2v) is 9.31. The summed E-state index contributed by atoms with van der Waals surface area (Å²) in [7, 11) is 0. The van der Waals surface area contributed by atoms with E-state index in [-0.39, 0.29) is 11.8 Å². The fourth-order valence-corrected chi connectivity index (χ4v) is 5.41. The van der Waals surface area contributed by atoms with Crippen LogP contribution in [0.1, 0.15) is 43.2 Å². The minimum Gasteiger partial charge on any atom is -0.494 e. The fraction of sp³-hybridized carbons (Fsp3) is 0.538. The average Bonchev–Trinajstić information content (AvgIpc) is 3.43. The summed E-state index contributed by atoms with van der Waals surface area (Å²) < 4.78 is 8.03. The van der Waals surface area contributed by atoms with Crippen LogP contribution in [-0.4, -0.2) is 58.5 Å². The van der Waals surface area contributed by atoms with Crippen molar-refractivity contribution >= 4 is 5.69 Å². The van der Waals surface area contributed by atoms with Crippen molar-refractivity contribution in [2.24, 2.45) is 0 Å². The third-order valence-electron chi connectivity index (χ3n) is 7.26. The number of piperazine rings is 1. The van der Waals surface area contributed by atoms with E-state index in [1.165, 1.54) is 31.4 Å². The molecule has 1 aliphatic heterocycles. The van der Waals surface area contributed by atoms with Gasteiger partial charge in [-0.1, -0.05) is 24.3 Å². The zero-order chi connectivity index (χ0) is 21.9. The summed E-state index contributed by atoms with van der Waals surface area (Å²) >= 11 is 0. The van der Waals surface area contributed by atoms with Crippen molar-refractivity contribution in [2.45, 2.75) is 57.6 Å². The number of rotatable bonds is 7. The molecule has 1 aromatic carbocycles. The van der Waals surface area contributed by atoms with E-state index in [0.29, 0.717) is 25.5 Å². The van der Waals surface area contributed by atoms with Crippen LogP contribution in [0.15, 0.2) is 36.4 Å². The van der Waals surface area contributed by atoms with E-state index in [1.807, 2.05) is 0 Å². The van der Waals surface area contributed by atoms with Crippen LogP contribution in [0.2, 0.25) is 0 Å². The van der Waals surface area contributed by atoms with Crippen molar-refractivity contribution in [3.05, 3.63) is 47.5 Å². The first-order chi connectivity index (χ1) is 15.7. The molecule has 172 valence electrons. The van der Waals surface area contributed by atoms with E-state index in [0.717, 1.165) is 56.0 Å². The molecule has 0 spiro atoms. The van der Waals surface area contributed by atoms with Gasteiger partial charge in [-0.05, 0) is 63.6 Å². The smallest absolute Gasteiger partial charge is 0.197 e. The van der Waals surface area contributed by atoms with Gasteiger partial charge in [0.2, 0.25) is 0 Å². The number of para-hydroxylation sites is 2. The minimum atomic E-state index is 0.241. The third kappa shape index (κ3) is 4.33. The number of ether oxygens (including phenoxy) is 1. The Morgan fingerprint density at radius 3 is 2.19 bits per heavy atom. The number of aromatic hydroxyl groups is 2. The topological polar surface area (TPSA) is 61.1 Å². The lowest BCUT2D eigenvalue weighted by molar-refractivity contribution is 0.208. The highest BCUT2D eigenvalue weighted by Gasteiger charge is 2.24. The van der Waals surface area contributed by atoms with E-state index < -0.39 is 0 Å². The lowest BCUT2D eigenvalue weighted by atomic mass is 10.0. The standard InChI is InChI=1S/C26H35N3O3/c30-25-21-10-3-4-11-22(21)26(31)29(25)15-7-14-27-16-18-28(19-17-27)23-12-5-6-13-24(23)32-20-8-1-2-9-20/h3-6,12-13,20,30-31H,1-2,7-11,14-19H2. The van der Waals surface area contributed by atoms with Gasteiger partial charge in [0.05, 0.1) is 11.8 Å². The van der Waals surface area contributed by atoms with Crippen molar-refractivity contribution in [1.82, 2.24) is 9.47 Å². The molecule has 1 saturated heterocycles. The highest BCUT2D eigenvalue weighted by Crippen LogP contribution is 2.37. The lowest BCUT2D eigenvalue weighted by Crippen LogP contribution is -2.46. The molecule has 2 aliphatic carbocycles. The summed E-state index contributed by atoms with van der Waals surface area (Å²) in [5.74, 6) is 1.51. The Morgan fingerprint density at radius 1 is 0.844 bits per heavy atom. The van der Waals surface area contributed by atoms with Gasteiger partial charge in [0.1, 0.15) is 5.75 Å². The zero-order valence-electron chi connectivity index (χ0n) is 18.9. The van der Waals surface area contributed by atoms with Gasteiger partial charge in [0, 0.05) is 43.9 Å². The molecule has 6 nitrogen and oxygen atoms in total. The minimum absolute atomic E-state index is 0.241. The molecule has 2 fully saturated rings. The molecule has 5 rings (SSSR count). The Labute approximate surface area is 190 Å². The fourth-order valence-electron chi connectivity index (χ4n) is 5.41. The summed E-state index contributed by atoms with van der Waals surface area (Å²) in [6.07, 6.45) is 11.7. The maximum absolute atomic E-state index is 10.5. The number of aromatic nitrogens is 1. The summed E-state index contributed by atoms with van der Waals surface area (Å²) in [4.78, 5) is 4.93. The first kappa shape index (κ1) is 21.3. The van der Waals surface area contributed by atoms with Crippen molar-refractivity contribution < 1.29 is 14.9 Å². The van der Waals surface area contributed by atoms with Crippen molar-refractivity contribution in [1.29, 1.82) is 0 Å². The second-order valence-electron chi connectivity index (χ2n) is 9.31. The summed E-state index contributed by atoms with van der Waals surface area (Å²) in [6, 6.07) is 8.48. The SMILES string of the molecule is Oc1c2c(c(O)n1CCCN1CCN(c3ccccc3OC3CCCC3)CC1)CC=CC2. The van der Waals surface area contributed by atoms with E-state index >= 15 is 0 Å². The zero-order valence-corrected chi connectivity index (χ0v) is 18.9. The molecule has 1 aromatic heterocycles. The molecule has 1 saturated carbocycles. The molecule has 0 amide bonds. The van der Waals surface area contributed by atoms with Crippen molar-refractivity contribution in [2.75, 3.05) is 37.6 Å². The molecule has 0 radical (unpaired) electrons. The predicted octanol–water partition coefficient (Wildman–Crippen LogP) is 4.09. The highest BCUT2D eigenvalue weighted by molar-refractivity contribution is 5.59. The second kappa shape index (κ2) is 9.49. The van der Waals surface area contributed by atoms with Gasteiger partial charge in [-0.15, -0.1) is 0 Å². The summed E-state index contributed by atoms with van der Waals surface area (Å²) in [5.41, 5.74) is 3.00. The van der Waals surface area contributed by atoms with Gasteiger partial charge in [-0.2, -0.15) is 0 Å². The molecule has 0 unspecified atom stereocenters. The molecular weight excluding hydrogens is 402 g/mol. The molecule has 2 aromatic rings. The number of anilines is 1. The number of allylic oxidation sites excluding steroid dienone is 2. The van der Waals surface area contributed by atoms with Crippen LogP contribution in [0.5, 0.6) is 17.5 Å². The maximum atomic E-state index is 10.5. The number of hydrogen-bond acceptors (Lipinski definition) is 5. The van der Waals surface area contributed by atoms with Gasteiger partial charge in [0.25, 0.3) is 0 Å². The predicted molar refractivity (Wildman–Crippen MR) is 127 cm³/mol. The molecule has 2 N–H and O–H groups in total. The Bertz CT molecular complexity index is 922. The quantitative estimate of drug-likeness (QED) is 0.639. The van der Waals surface area contributed by atoms with Gasteiger partial charge >= 0.3 is 0 Å². The molecule has 0 atom stereocenters. The number of nitrogens with zero attached hydrogens (tertiary/aromatic N) is 3. The lowest BCUT2D eigenvalue weighted by Gasteiger charge is -2.37. The normalized spacial score (nSPS) is 19.4. The summed E-state index contributed by atoms with van der Waals surface area (Å²) in [5, 5.41) is 21.0. The van der Waals surface area contributed by atoms with Crippen LogP contribution < -0.4 is 9.64 Å². The monoisotopic (exact) mass is 437 g/mol. The third-order valence-corrected chi connectivity index (χ3v) is 7.26. The van der Waals surface area contributed by atoms with E-state index in [2.05, 4.69) is 46.2 Å². The van der Waals surface area contributed by atoms with Gasteiger partial charge in [-0.25, -0.2) is 0 Å². The first-order valence-electron chi connectivity index (χ1n) is 12.2. The number of fused-ring (bicyclic) bond motifs is 1. The van der Waals surface area contributed by atoms with E-state index in [1.54, 1.807) is 4.57 Å². The van der Waals surface area contributed by atoms with Crippen LogP contribution in [-0.2, 0) is 19.4 Å². The van der Waals surface area contributed by atoms with Crippen LogP contribution in [0.25, 0.3) is 0 Å². The number of benzene rings is 1. The van der Waals surface area contributed by atoms with Crippen LogP contribution in [0.3, 0.4) is 0 Å². The Morgan fingerprint density at radius 2 is 1.50 bits per heavy atom. The molecule has 32 heavy (non-hydrogen) atoms. The Hall–Kier alpha value is -2.60. The van der Waals surface area contributed by atoms with Crippen molar-refractivity contribution in [3.8, 4) is 17.5 Å². The van der Waals surface area contributed by atoms with Crippen LogP contribution in [0.4, 0.5) is 5.69 Å². The van der Waals surface area contributed by atoms with Crippen LogP contribution in [0, 0.1) is 0 Å². The van der Waals surface area contributed by atoms with E-state index in [9.17, 15) is 10.2 Å². The first-order valence-corrected chi connectivity index (χ1v) is 12.2.